The van der Waals surface area contributed by atoms with Crippen molar-refractivity contribution in [1.82, 2.24) is 5.32 Å². The second kappa shape index (κ2) is 3.78. The fourth-order valence-electron chi connectivity index (χ4n) is 2.30. The Bertz CT molecular complexity index is 446. The van der Waals surface area contributed by atoms with Crippen LogP contribution in [-0.4, -0.2) is 12.3 Å². The highest BCUT2D eigenvalue weighted by Gasteiger charge is 2.28. The van der Waals surface area contributed by atoms with E-state index >= 15 is 0 Å². The van der Waals surface area contributed by atoms with Crippen molar-refractivity contribution in [1.29, 1.82) is 0 Å². The molecule has 1 aromatic carbocycles. The molecule has 0 radical (unpaired) electrons. The first-order chi connectivity index (χ1) is 7.88. The third kappa shape index (κ3) is 1.64. The van der Waals surface area contributed by atoms with Crippen molar-refractivity contribution < 1.29 is 4.79 Å². The molecule has 3 rings (SSSR count). The number of carbonyl (C=O) groups excluding carboxylic acids is 1. The van der Waals surface area contributed by atoms with Crippen molar-refractivity contribution in [3.05, 3.63) is 47.2 Å². The summed E-state index contributed by atoms with van der Waals surface area (Å²) in [5.41, 5.74) is 3.56. The molecule has 0 bridgehead atoms. The average molecular weight is 213 g/mol. The van der Waals surface area contributed by atoms with E-state index in [4.69, 9.17) is 0 Å². The van der Waals surface area contributed by atoms with Crippen LogP contribution in [0.5, 0.6) is 0 Å². The Kier molecular flexibility index (Phi) is 2.28. The molecule has 2 aliphatic carbocycles. The summed E-state index contributed by atoms with van der Waals surface area (Å²) >= 11 is 0. The van der Waals surface area contributed by atoms with E-state index in [9.17, 15) is 4.79 Å². The summed E-state index contributed by atoms with van der Waals surface area (Å²) in [6.45, 7) is 0. The Morgan fingerprint density at radius 3 is 2.81 bits per heavy atom. The van der Waals surface area contributed by atoms with Crippen LogP contribution in [0.2, 0.25) is 0 Å². The zero-order valence-electron chi connectivity index (χ0n) is 9.15. The Morgan fingerprint density at radius 1 is 1.25 bits per heavy atom. The fraction of sp³-hybridized carbons (Fsp3) is 0.357. The van der Waals surface area contributed by atoms with E-state index in [0.717, 1.165) is 18.4 Å². The number of allylic oxidation sites excluding steroid dienone is 2. The zero-order chi connectivity index (χ0) is 11.0. The minimum Gasteiger partial charge on any atom is -0.385 e. The van der Waals surface area contributed by atoms with E-state index in [0.29, 0.717) is 6.04 Å². The minimum absolute atomic E-state index is 0.0782. The van der Waals surface area contributed by atoms with Crippen molar-refractivity contribution in [2.24, 2.45) is 0 Å². The van der Waals surface area contributed by atoms with Gasteiger partial charge in [-0.05, 0) is 30.4 Å². The number of benzene rings is 1. The van der Waals surface area contributed by atoms with Gasteiger partial charge >= 0.3 is 0 Å². The van der Waals surface area contributed by atoms with Crippen molar-refractivity contribution >= 4 is 6.29 Å². The van der Waals surface area contributed by atoms with Gasteiger partial charge in [0.05, 0.1) is 5.92 Å². The fourth-order valence-corrected chi connectivity index (χ4v) is 2.30. The maximum absolute atomic E-state index is 11.3. The Labute approximate surface area is 95.4 Å². The molecule has 2 nitrogen and oxygen atoms in total. The highest BCUT2D eigenvalue weighted by Crippen LogP contribution is 2.32. The smallest absolute Gasteiger partial charge is 0.133 e. The molecule has 1 fully saturated rings. The van der Waals surface area contributed by atoms with Gasteiger partial charge in [0.15, 0.2) is 0 Å². The standard InChI is InChI=1S/C14H15NO/c16-9-13-12-4-2-1-3-10(12)5-8-14(13)15-11-6-7-11/h1-4,8-9,11,13,15H,5-7H2. The van der Waals surface area contributed by atoms with Crippen LogP contribution < -0.4 is 5.32 Å². The molecule has 2 aliphatic rings. The number of fused-ring (bicyclic) bond motifs is 1. The van der Waals surface area contributed by atoms with Crippen LogP contribution >= 0.6 is 0 Å². The summed E-state index contributed by atoms with van der Waals surface area (Å²) in [6, 6.07) is 8.83. The van der Waals surface area contributed by atoms with E-state index in [1.807, 2.05) is 12.1 Å². The third-order valence-electron chi connectivity index (χ3n) is 3.35. The van der Waals surface area contributed by atoms with E-state index in [1.54, 1.807) is 0 Å². The maximum Gasteiger partial charge on any atom is 0.133 e. The minimum atomic E-state index is -0.0782. The summed E-state index contributed by atoms with van der Waals surface area (Å²) in [6.07, 6.45) is 6.64. The van der Waals surface area contributed by atoms with Crippen molar-refractivity contribution in [3.8, 4) is 0 Å². The van der Waals surface area contributed by atoms with Gasteiger partial charge in [0.2, 0.25) is 0 Å². The van der Waals surface area contributed by atoms with E-state index < -0.39 is 0 Å². The summed E-state index contributed by atoms with van der Waals surface area (Å²) in [5.74, 6) is -0.0782. The van der Waals surface area contributed by atoms with Gasteiger partial charge in [0, 0.05) is 11.7 Å². The van der Waals surface area contributed by atoms with Gasteiger partial charge in [-0.25, -0.2) is 0 Å². The normalized spacial score (nSPS) is 23.2. The second-order valence-electron chi connectivity index (χ2n) is 4.59. The lowest BCUT2D eigenvalue weighted by Gasteiger charge is -2.24. The summed E-state index contributed by atoms with van der Waals surface area (Å²) in [5, 5.41) is 3.46. The van der Waals surface area contributed by atoms with Gasteiger partial charge in [-0.1, -0.05) is 30.3 Å². The number of aldehydes is 1. The molecule has 82 valence electrons. The number of nitrogens with one attached hydrogen (secondary N) is 1. The van der Waals surface area contributed by atoms with Crippen LogP contribution in [0.3, 0.4) is 0 Å². The van der Waals surface area contributed by atoms with Crippen molar-refractivity contribution in [2.45, 2.75) is 31.2 Å². The van der Waals surface area contributed by atoms with Gasteiger partial charge in [0.25, 0.3) is 0 Å². The summed E-state index contributed by atoms with van der Waals surface area (Å²) < 4.78 is 0. The van der Waals surface area contributed by atoms with Crippen molar-refractivity contribution in [3.63, 3.8) is 0 Å². The third-order valence-corrected chi connectivity index (χ3v) is 3.35. The molecule has 1 unspecified atom stereocenters. The second-order valence-corrected chi connectivity index (χ2v) is 4.59. The summed E-state index contributed by atoms with van der Waals surface area (Å²) in [7, 11) is 0. The van der Waals surface area contributed by atoms with Crippen LogP contribution in [0.1, 0.15) is 29.9 Å². The van der Waals surface area contributed by atoms with Crippen LogP contribution in [0.25, 0.3) is 0 Å². The predicted molar refractivity (Wildman–Crippen MR) is 63.2 cm³/mol. The molecule has 1 saturated carbocycles. The Hall–Kier alpha value is -1.57. The molecular formula is C14H15NO. The zero-order valence-corrected chi connectivity index (χ0v) is 9.15. The lowest BCUT2D eigenvalue weighted by atomic mass is 9.86. The molecule has 0 saturated heterocycles. The van der Waals surface area contributed by atoms with E-state index in [-0.39, 0.29) is 5.92 Å². The lowest BCUT2D eigenvalue weighted by Crippen LogP contribution is -2.25. The monoisotopic (exact) mass is 213 g/mol. The first kappa shape index (κ1) is 9.64. The first-order valence-corrected chi connectivity index (χ1v) is 5.88. The number of hydrogen-bond donors (Lipinski definition) is 1. The highest BCUT2D eigenvalue weighted by molar-refractivity contribution is 5.70. The molecule has 16 heavy (non-hydrogen) atoms. The molecule has 1 aromatic rings. The number of hydrogen-bond acceptors (Lipinski definition) is 2. The number of carbonyl (C=O) groups is 1. The van der Waals surface area contributed by atoms with Gasteiger partial charge in [-0.3, -0.25) is 0 Å². The summed E-state index contributed by atoms with van der Waals surface area (Å²) in [4.78, 5) is 11.3. The Balaban J connectivity index is 1.92. The first-order valence-electron chi connectivity index (χ1n) is 5.88. The maximum atomic E-state index is 11.3. The van der Waals surface area contributed by atoms with Crippen LogP contribution in [0.4, 0.5) is 0 Å². The molecule has 0 aromatic heterocycles. The van der Waals surface area contributed by atoms with Crippen LogP contribution in [0, 0.1) is 0 Å². The van der Waals surface area contributed by atoms with Crippen LogP contribution in [-0.2, 0) is 11.2 Å². The predicted octanol–water partition coefficient (Wildman–Crippen LogP) is 2.16. The highest BCUT2D eigenvalue weighted by atomic mass is 16.1. The lowest BCUT2D eigenvalue weighted by molar-refractivity contribution is -0.108. The quantitative estimate of drug-likeness (QED) is 0.780. The average Bonchev–Trinajstić information content (AvgIpc) is 3.13. The molecule has 1 atom stereocenters. The molecule has 0 amide bonds. The van der Waals surface area contributed by atoms with Gasteiger partial charge in [-0.15, -0.1) is 0 Å². The largest absolute Gasteiger partial charge is 0.385 e. The Morgan fingerprint density at radius 2 is 2.06 bits per heavy atom. The molecule has 0 heterocycles. The molecule has 0 spiro atoms. The molecule has 2 heteroatoms. The van der Waals surface area contributed by atoms with Crippen molar-refractivity contribution in [2.75, 3.05) is 0 Å². The molecular weight excluding hydrogens is 198 g/mol. The molecule has 0 aliphatic heterocycles. The van der Waals surface area contributed by atoms with Crippen LogP contribution in [0.15, 0.2) is 36.0 Å². The number of rotatable bonds is 3. The SMILES string of the molecule is O=CC1C(NC2CC2)=CCc2ccccc21. The molecule has 1 N–H and O–H groups in total. The van der Waals surface area contributed by atoms with Gasteiger partial charge in [-0.2, -0.15) is 0 Å². The van der Waals surface area contributed by atoms with Gasteiger partial charge in [0.1, 0.15) is 6.29 Å². The van der Waals surface area contributed by atoms with E-state index in [1.165, 1.54) is 24.0 Å². The van der Waals surface area contributed by atoms with E-state index in [2.05, 4.69) is 23.5 Å². The topological polar surface area (TPSA) is 29.1 Å². The van der Waals surface area contributed by atoms with Gasteiger partial charge < -0.3 is 10.1 Å².